The van der Waals surface area contributed by atoms with Gasteiger partial charge in [0.25, 0.3) is 11.7 Å². The van der Waals surface area contributed by atoms with Crippen LogP contribution >= 0.6 is 23.2 Å². The molecule has 2 heterocycles. The Hall–Kier alpha value is -3.35. The zero-order chi connectivity index (χ0) is 21.3. The van der Waals surface area contributed by atoms with Crippen LogP contribution in [0.15, 0.2) is 67.0 Å². The molecular weight excluding hydrogens is 425 g/mol. The molecule has 0 atom stereocenters. The first-order valence-corrected chi connectivity index (χ1v) is 9.70. The van der Waals surface area contributed by atoms with Crippen LogP contribution in [0.4, 0.5) is 5.69 Å². The number of phenolic OH excluding ortho intramolecular Hbond substituents is 1. The van der Waals surface area contributed by atoms with Crippen molar-refractivity contribution in [3.63, 3.8) is 0 Å². The van der Waals surface area contributed by atoms with Gasteiger partial charge in [-0.1, -0.05) is 35.3 Å². The van der Waals surface area contributed by atoms with Crippen molar-refractivity contribution < 1.29 is 14.7 Å². The zero-order valence-electron chi connectivity index (χ0n) is 15.5. The molecular formula is C22H15Cl2N3O3. The Morgan fingerprint density at radius 2 is 1.83 bits per heavy atom. The number of aromatic hydroxyl groups is 1. The molecule has 4 rings (SSSR count). The van der Waals surface area contributed by atoms with Crippen molar-refractivity contribution in [2.75, 3.05) is 5.32 Å². The number of rotatable bonds is 5. The fourth-order valence-electron chi connectivity index (χ4n) is 3.19. The molecule has 0 aliphatic heterocycles. The van der Waals surface area contributed by atoms with E-state index < -0.39 is 11.7 Å². The maximum Gasteiger partial charge on any atom is 0.296 e. The third-order valence-corrected chi connectivity index (χ3v) is 5.24. The maximum absolute atomic E-state index is 13.0. The highest BCUT2D eigenvalue weighted by atomic mass is 35.5. The largest absolute Gasteiger partial charge is 0.508 e. The predicted molar refractivity (Wildman–Crippen MR) is 116 cm³/mol. The van der Waals surface area contributed by atoms with Gasteiger partial charge in [0.2, 0.25) is 0 Å². The molecule has 2 aromatic carbocycles. The molecule has 0 aliphatic carbocycles. The third kappa shape index (κ3) is 3.87. The summed E-state index contributed by atoms with van der Waals surface area (Å²) >= 11 is 12.5. The average Bonchev–Trinajstić information content (AvgIpc) is 3.00. The number of fused-ring (bicyclic) bond motifs is 1. The van der Waals surface area contributed by atoms with Crippen molar-refractivity contribution in [1.29, 1.82) is 0 Å². The van der Waals surface area contributed by atoms with Crippen LogP contribution in [-0.4, -0.2) is 26.3 Å². The van der Waals surface area contributed by atoms with E-state index >= 15 is 0 Å². The normalized spacial score (nSPS) is 10.9. The SMILES string of the molecule is O=C(Nc1cccnc1)C(=O)c1c(Cl)n(Cc2ccc(Cl)cc2)c2ccc(O)cc12. The van der Waals surface area contributed by atoms with Gasteiger partial charge in [-0.25, -0.2) is 0 Å². The van der Waals surface area contributed by atoms with Crippen LogP contribution in [0.2, 0.25) is 10.2 Å². The molecule has 2 N–H and O–H groups in total. The topological polar surface area (TPSA) is 84.2 Å². The van der Waals surface area contributed by atoms with Gasteiger partial charge in [0, 0.05) is 23.2 Å². The van der Waals surface area contributed by atoms with Crippen molar-refractivity contribution in [2.24, 2.45) is 0 Å². The highest BCUT2D eigenvalue weighted by Gasteiger charge is 2.27. The molecule has 30 heavy (non-hydrogen) atoms. The number of Topliss-reactive ketones (excluding diaryl/α,β-unsaturated/α-hetero) is 1. The molecule has 0 saturated carbocycles. The molecule has 150 valence electrons. The number of benzene rings is 2. The first-order valence-electron chi connectivity index (χ1n) is 8.95. The van der Waals surface area contributed by atoms with Crippen LogP contribution in [0.25, 0.3) is 10.9 Å². The first-order chi connectivity index (χ1) is 14.4. The fraction of sp³-hybridized carbons (Fsp3) is 0.0455. The van der Waals surface area contributed by atoms with Gasteiger partial charge in [-0.15, -0.1) is 0 Å². The number of aromatic nitrogens is 2. The van der Waals surface area contributed by atoms with Crippen molar-refractivity contribution in [3.05, 3.63) is 88.3 Å². The summed E-state index contributed by atoms with van der Waals surface area (Å²) in [5, 5.41) is 13.6. The lowest BCUT2D eigenvalue weighted by Crippen LogP contribution is -2.23. The number of anilines is 1. The Labute approximate surface area is 181 Å². The second-order valence-electron chi connectivity index (χ2n) is 6.60. The van der Waals surface area contributed by atoms with Gasteiger partial charge >= 0.3 is 0 Å². The van der Waals surface area contributed by atoms with Gasteiger partial charge in [0.05, 0.1) is 23.0 Å². The number of nitrogens with zero attached hydrogens (tertiary/aromatic N) is 2. The Morgan fingerprint density at radius 3 is 2.53 bits per heavy atom. The number of phenols is 1. The monoisotopic (exact) mass is 439 g/mol. The number of amides is 1. The van der Waals surface area contributed by atoms with Gasteiger partial charge in [0.1, 0.15) is 10.9 Å². The molecule has 0 saturated heterocycles. The minimum Gasteiger partial charge on any atom is -0.508 e. The summed E-state index contributed by atoms with van der Waals surface area (Å²) in [6.45, 7) is 0.356. The summed E-state index contributed by atoms with van der Waals surface area (Å²) in [6, 6.07) is 15.1. The van der Waals surface area contributed by atoms with E-state index in [2.05, 4.69) is 10.3 Å². The summed E-state index contributed by atoms with van der Waals surface area (Å²) < 4.78 is 1.71. The molecule has 1 amide bonds. The molecule has 0 unspecified atom stereocenters. The van der Waals surface area contributed by atoms with Crippen LogP contribution < -0.4 is 5.32 Å². The smallest absolute Gasteiger partial charge is 0.296 e. The third-order valence-electron chi connectivity index (χ3n) is 4.59. The quantitative estimate of drug-likeness (QED) is 0.341. The summed E-state index contributed by atoms with van der Waals surface area (Å²) in [4.78, 5) is 29.4. The van der Waals surface area contributed by atoms with Gasteiger partial charge in [0.15, 0.2) is 0 Å². The van der Waals surface area contributed by atoms with E-state index in [1.165, 1.54) is 18.3 Å². The molecule has 0 spiro atoms. The first kappa shape index (κ1) is 19.9. The van der Waals surface area contributed by atoms with E-state index in [-0.39, 0.29) is 16.5 Å². The number of carbonyl (C=O) groups excluding carboxylic acids is 2. The number of hydrogen-bond donors (Lipinski definition) is 2. The summed E-state index contributed by atoms with van der Waals surface area (Å²) in [5.74, 6) is -1.70. The Morgan fingerprint density at radius 1 is 1.07 bits per heavy atom. The second-order valence-corrected chi connectivity index (χ2v) is 7.40. The lowest BCUT2D eigenvalue weighted by atomic mass is 10.1. The van der Waals surface area contributed by atoms with Crippen LogP contribution in [-0.2, 0) is 11.3 Å². The summed E-state index contributed by atoms with van der Waals surface area (Å²) in [5.41, 5.74) is 1.94. The van der Waals surface area contributed by atoms with Crippen molar-refractivity contribution in [1.82, 2.24) is 9.55 Å². The summed E-state index contributed by atoms with van der Waals surface area (Å²) in [6.07, 6.45) is 2.99. The minimum atomic E-state index is -0.848. The molecule has 0 aliphatic rings. The van der Waals surface area contributed by atoms with Crippen molar-refractivity contribution >= 4 is 51.5 Å². The van der Waals surface area contributed by atoms with E-state index in [4.69, 9.17) is 23.2 Å². The highest BCUT2D eigenvalue weighted by molar-refractivity contribution is 6.51. The van der Waals surface area contributed by atoms with Gasteiger partial charge in [-0.3, -0.25) is 14.6 Å². The van der Waals surface area contributed by atoms with Gasteiger partial charge < -0.3 is 15.0 Å². The average molecular weight is 440 g/mol. The predicted octanol–water partition coefficient (Wildman–Crippen LogP) is 4.92. The van der Waals surface area contributed by atoms with Crippen LogP contribution in [0.3, 0.4) is 0 Å². The van der Waals surface area contributed by atoms with Crippen molar-refractivity contribution in [2.45, 2.75) is 6.54 Å². The van der Waals surface area contributed by atoms with E-state index in [1.807, 2.05) is 12.1 Å². The number of nitrogens with one attached hydrogen (secondary N) is 1. The number of carbonyl (C=O) groups is 2. The van der Waals surface area contributed by atoms with Crippen LogP contribution in [0.5, 0.6) is 5.75 Å². The van der Waals surface area contributed by atoms with Crippen LogP contribution in [0, 0.1) is 0 Å². The molecule has 0 fully saturated rings. The fourth-order valence-corrected chi connectivity index (χ4v) is 3.66. The van der Waals surface area contributed by atoms with Gasteiger partial charge in [-0.05, 0) is 48.0 Å². The number of hydrogen-bond acceptors (Lipinski definition) is 4. The molecule has 6 nitrogen and oxygen atoms in total. The molecule has 2 aromatic heterocycles. The van der Waals surface area contributed by atoms with Crippen molar-refractivity contribution in [3.8, 4) is 5.75 Å². The molecule has 8 heteroatoms. The van der Waals surface area contributed by atoms with E-state index in [9.17, 15) is 14.7 Å². The lowest BCUT2D eigenvalue weighted by molar-refractivity contribution is -0.112. The molecule has 0 bridgehead atoms. The minimum absolute atomic E-state index is 0.0259. The van der Waals surface area contributed by atoms with E-state index in [1.54, 1.807) is 41.1 Å². The maximum atomic E-state index is 13.0. The number of ketones is 1. The molecule has 4 aromatic rings. The van der Waals surface area contributed by atoms with Gasteiger partial charge in [-0.2, -0.15) is 0 Å². The zero-order valence-corrected chi connectivity index (χ0v) is 17.0. The summed E-state index contributed by atoms with van der Waals surface area (Å²) in [7, 11) is 0. The standard InChI is InChI=1S/C22H15Cl2N3O3/c23-14-5-3-13(4-6-14)12-27-18-8-7-16(28)10-17(18)19(21(27)24)20(29)22(30)26-15-2-1-9-25-11-15/h1-11,28H,12H2,(H,26,30). The highest BCUT2D eigenvalue weighted by Crippen LogP contribution is 2.34. The Kier molecular flexibility index (Phi) is 5.44. The lowest BCUT2D eigenvalue weighted by Gasteiger charge is -2.08. The van der Waals surface area contributed by atoms with Crippen LogP contribution in [0.1, 0.15) is 15.9 Å². The van der Waals surface area contributed by atoms with E-state index in [0.717, 1.165) is 5.56 Å². The molecule has 0 radical (unpaired) electrons. The Bertz CT molecular complexity index is 1250. The Balaban J connectivity index is 1.76. The second kappa shape index (κ2) is 8.18. The number of halogens is 2. The number of pyridine rings is 1. The van der Waals surface area contributed by atoms with E-state index in [0.29, 0.717) is 28.2 Å².